The lowest BCUT2D eigenvalue weighted by Gasteiger charge is -2.30. The maximum atomic E-state index is 4.80. The summed E-state index contributed by atoms with van der Waals surface area (Å²) in [5.41, 5.74) is 3.24. The fourth-order valence-electron chi connectivity index (χ4n) is 2.87. The number of hydrogen-bond donors (Lipinski definition) is 0. The molecule has 2 heterocycles. The molecule has 2 aromatic rings. The molecule has 3 rings (SSSR count). The number of aromatic nitrogens is 2. The Kier molecular flexibility index (Phi) is 2.24. The van der Waals surface area contributed by atoms with E-state index in [0.717, 1.165) is 23.5 Å². The molecule has 1 aliphatic heterocycles. The van der Waals surface area contributed by atoms with Crippen LogP contribution in [-0.2, 0) is 12.6 Å². The van der Waals surface area contributed by atoms with E-state index in [2.05, 4.69) is 48.8 Å². The van der Waals surface area contributed by atoms with E-state index >= 15 is 0 Å². The van der Waals surface area contributed by atoms with Crippen molar-refractivity contribution in [1.29, 1.82) is 0 Å². The second kappa shape index (κ2) is 3.57. The molecule has 0 saturated heterocycles. The molecular formula is C14H18N4. The summed E-state index contributed by atoms with van der Waals surface area (Å²) < 4.78 is 2.18. The highest BCUT2D eigenvalue weighted by atomic mass is 15.5. The van der Waals surface area contributed by atoms with Gasteiger partial charge in [-0.3, -0.25) is 5.01 Å². The molecule has 94 valence electrons. The van der Waals surface area contributed by atoms with Gasteiger partial charge in [-0.05, 0) is 26.0 Å². The van der Waals surface area contributed by atoms with E-state index in [1.54, 1.807) is 0 Å². The summed E-state index contributed by atoms with van der Waals surface area (Å²) in [6.45, 7) is 4.28. The van der Waals surface area contributed by atoms with Gasteiger partial charge >= 0.3 is 0 Å². The van der Waals surface area contributed by atoms with Gasteiger partial charge in [0.1, 0.15) is 11.4 Å². The summed E-state index contributed by atoms with van der Waals surface area (Å²) >= 11 is 0. The topological polar surface area (TPSA) is 33.4 Å². The molecule has 0 amide bonds. The van der Waals surface area contributed by atoms with E-state index in [0.29, 0.717) is 0 Å². The van der Waals surface area contributed by atoms with E-state index in [9.17, 15) is 0 Å². The van der Waals surface area contributed by atoms with Crippen LogP contribution in [0, 0.1) is 0 Å². The van der Waals surface area contributed by atoms with Crippen LogP contribution in [0.4, 0.5) is 0 Å². The molecule has 1 atom stereocenters. The third-order valence-electron chi connectivity index (χ3n) is 3.90. The van der Waals surface area contributed by atoms with Gasteiger partial charge in [-0.1, -0.05) is 12.1 Å². The van der Waals surface area contributed by atoms with Crippen LogP contribution in [0.25, 0.3) is 11.0 Å². The van der Waals surface area contributed by atoms with E-state index in [4.69, 9.17) is 4.98 Å². The third-order valence-corrected chi connectivity index (χ3v) is 3.90. The highest BCUT2D eigenvalue weighted by Gasteiger charge is 2.40. The molecular weight excluding hydrogens is 224 g/mol. The Bertz CT molecular complexity index is 640. The van der Waals surface area contributed by atoms with Gasteiger partial charge in [0.2, 0.25) is 0 Å². The zero-order chi connectivity index (χ0) is 12.9. The van der Waals surface area contributed by atoms with Gasteiger partial charge < -0.3 is 4.57 Å². The maximum absolute atomic E-state index is 4.80. The van der Waals surface area contributed by atoms with Crippen LogP contribution in [0.5, 0.6) is 0 Å². The Hall–Kier alpha value is -1.84. The number of aryl methyl sites for hydroxylation is 1. The Morgan fingerprint density at radius 2 is 1.94 bits per heavy atom. The third kappa shape index (κ3) is 1.38. The summed E-state index contributed by atoms with van der Waals surface area (Å²) in [4.78, 5) is 4.80. The molecule has 0 saturated carbocycles. The Morgan fingerprint density at radius 3 is 2.56 bits per heavy atom. The van der Waals surface area contributed by atoms with E-state index < -0.39 is 0 Å². The number of para-hydroxylation sites is 2. The molecule has 1 aromatic heterocycles. The van der Waals surface area contributed by atoms with Crippen LogP contribution in [0.3, 0.4) is 0 Å². The van der Waals surface area contributed by atoms with Gasteiger partial charge in [0.25, 0.3) is 0 Å². The SMILES string of the molecule is CC1=NN(C)C(C)(c2nc3ccccc3n2C)C1. The number of imidazole rings is 1. The predicted octanol–water partition coefficient (Wildman–Crippen LogP) is 2.50. The minimum absolute atomic E-state index is 0.141. The Morgan fingerprint density at radius 1 is 1.22 bits per heavy atom. The first-order valence-electron chi connectivity index (χ1n) is 6.22. The molecule has 0 radical (unpaired) electrons. The number of rotatable bonds is 1. The van der Waals surface area contributed by atoms with Gasteiger partial charge in [-0.25, -0.2) is 4.98 Å². The number of hydrogen-bond acceptors (Lipinski definition) is 3. The van der Waals surface area contributed by atoms with Crippen LogP contribution >= 0.6 is 0 Å². The fourth-order valence-corrected chi connectivity index (χ4v) is 2.87. The highest BCUT2D eigenvalue weighted by Crippen LogP contribution is 2.36. The second-order valence-electron chi connectivity index (χ2n) is 5.29. The monoisotopic (exact) mass is 242 g/mol. The largest absolute Gasteiger partial charge is 0.329 e. The first-order valence-corrected chi connectivity index (χ1v) is 6.22. The Labute approximate surface area is 107 Å². The van der Waals surface area contributed by atoms with Crippen LogP contribution in [0.15, 0.2) is 29.4 Å². The minimum atomic E-state index is -0.141. The Balaban J connectivity index is 2.18. The lowest BCUT2D eigenvalue weighted by atomic mass is 9.95. The van der Waals surface area contributed by atoms with Gasteiger partial charge in [0.15, 0.2) is 0 Å². The van der Waals surface area contributed by atoms with Crippen molar-refractivity contribution in [3.63, 3.8) is 0 Å². The van der Waals surface area contributed by atoms with Crippen molar-refractivity contribution < 1.29 is 0 Å². The first-order chi connectivity index (χ1) is 8.52. The number of nitrogens with zero attached hydrogens (tertiary/aromatic N) is 4. The predicted molar refractivity (Wildman–Crippen MR) is 73.6 cm³/mol. The summed E-state index contributed by atoms with van der Waals surface area (Å²) in [6.07, 6.45) is 0.931. The van der Waals surface area contributed by atoms with Crippen molar-refractivity contribution in [2.24, 2.45) is 12.1 Å². The molecule has 0 aliphatic carbocycles. The molecule has 1 aliphatic rings. The zero-order valence-electron chi connectivity index (χ0n) is 11.3. The smallest absolute Gasteiger partial charge is 0.137 e. The van der Waals surface area contributed by atoms with Crippen molar-refractivity contribution >= 4 is 16.7 Å². The van der Waals surface area contributed by atoms with Crippen molar-refractivity contribution in [2.75, 3.05) is 7.05 Å². The van der Waals surface area contributed by atoms with Crippen molar-refractivity contribution in [1.82, 2.24) is 14.6 Å². The molecule has 0 spiro atoms. The molecule has 1 aromatic carbocycles. The molecule has 1 unspecified atom stereocenters. The van der Waals surface area contributed by atoms with Crippen molar-refractivity contribution in [3.05, 3.63) is 30.1 Å². The standard InChI is InChI=1S/C14H18N4/c1-10-9-14(2,18(4)16-10)13-15-11-7-5-6-8-12(11)17(13)3/h5-8H,9H2,1-4H3. The molecule has 0 fully saturated rings. The lowest BCUT2D eigenvalue weighted by molar-refractivity contribution is 0.160. The van der Waals surface area contributed by atoms with E-state index in [1.807, 2.05) is 18.1 Å². The number of fused-ring (bicyclic) bond motifs is 1. The van der Waals surface area contributed by atoms with Crippen LogP contribution in [-0.4, -0.2) is 27.3 Å². The maximum Gasteiger partial charge on any atom is 0.137 e. The quantitative estimate of drug-likeness (QED) is 0.770. The summed E-state index contributed by atoms with van der Waals surface area (Å²) in [7, 11) is 4.10. The van der Waals surface area contributed by atoms with Crippen LogP contribution < -0.4 is 0 Å². The average Bonchev–Trinajstić information content (AvgIpc) is 2.79. The number of hydrazone groups is 1. The fraction of sp³-hybridized carbons (Fsp3) is 0.429. The molecule has 4 nitrogen and oxygen atoms in total. The summed E-state index contributed by atoms with van der Waals surface area (Å²) in [5.74, 6) is 1.08. The van der Waals surface area contributed by atoms with Gasteiger partial charge in [0, 0.05) is 26.2 Å². The lowest BCUT2D eigenvalue weighted by Crippen LogP contribution is -2.36. The normalized spacial score (nSPS) is 23.8. The minimum Gasteiger partial charge on any atom is -0.329 e. The van der Waals surface area contributed by atoms with Crippen molar-refractivity contribution in [3.8, 4) is 0 Å². The first kappa shape index (κ1) is 11.3. The van der Waals surface area contributed by atoms with Gasteiger partial charge in [-0.15, -0.1) is 0 Å². The number of benzene rings is 1. The molecule has 0 N–H and O–H groups in total. The van der Waals surface area contributed by atoms with E-state index in [1.165, 1.54) is 5.52 Å². The molecule has 18 heavy (non-hydrogen) atoms. The van der Waals surface area contributed by atoms with Gasteiger partial charge in [-0.2, -0.15) is 5.10 Å². The van der Waals surface area contributed by atoms with E-state index in [-0.39, 0.29) is 5.54 Å². The zero-order valence-corrected chi connectivity index (χ0v) is 11.3. The van der Waals surface area contributed by atoms with Crippen LogP contribution in [0.1, 0.15) is 26.1 Å². The second-order valence-corrected chi connectivity index (χ2v) is 5.29. The summed E-state index contributed by atoms with van der Waals surface area (Å²) in [5, 5.41) is 6.56. The molecule has 4 heteroatoms. The molecule has 0 bridgehead atoms. The highest BCUT2D eigenvalue weighted by molar-refractivity contribution is 5.85. The van der Waals surface area contributed by atoms with Crippen molar-refractivity contribution in [2.45, 2.75) is 25.8 Å². The van der Waals surface area contributed by atoms with Crippen LogP contribution in [0.2, 0.25) is 0 Å². The summed E-state index contributed by atoms with van der Waals surface area (Å²) in [6, 6.07) is 8.25. The average molecular weight is 242 g/mol. The van der Waals surface area contributed by atoms with Gasteiger partial charge in [0.05, 0.1) is 11.0 Å².